The predicted octanol–water partition coefficient (Wildman–Crippen LogP) is 30.0. The van der Waals surface area contributed by atoms with E-state index >= 15 is 0 Å². The molecule has 12 heteroatoms. The Labute approximate surface area is 758 Å². The summed E-state index contributed by atoms with van der Waals surface area (Å²) in [5.74, 6) is 1.82. The van der Waals surface area contributed by atoms with E-state index in [4.69, 9.17) is 29.9 Å². The summed E-state index contributed by atoms with van der Waals surface area (Å²) in [7, 11) is 0. The van der Waals surface area contributed by atoms with Crippen molar-refractivity contribution in [3.8, 4) is 102 Å². The highest BCUT2D eigenvalue weighted by atomic mass is 15.2. The molecule has 0 aliphatic carbocycles. The zero-order valence-corrected chi connectivity index (χ0v) is 71.4. The minimum absolute atomic E-state index is 0.571. The van der Waals surface area contributed by atoms with E-state index in [1.54, 1.807) is 0 Å². The molecule has 10 heterocycles. The van der Waals surface area contributed by atoms with Gasteiger partial charge in [-0.1, -0.05) is 309 Å². The maximum Gasteiger partial charge on any atom is 0.238 e. The van der Waals surface area contributed by atoms with Gasteiger partial charge in [-0.25, -0.2) is 9.97 Å². The van der Waals surface area contributed by atoms with E-state index in [1.807, 2.05) is 91.4 Å². The van der Waals surface area contributed by atoms with Crippen LogP contribution in [0.25, 0.3) is 233 Å². The molecule has 0 aliphatic heterocycles. The highest BCUT2D eigenvalue weighted by Crippen LogP contribution is 2.49. The Morgan fingerprint density at radius 3 is 0.826 bits per heavy atom. The summed E-state index contributed by atoms with van der Waals surface area (Å²) in [5, 5.41) is 11.9. The average molecular weight is 1690 g/mol. The molecule has 0 unspecified atom stereocenters. The van der Waals surface area contributed by atoms with Crippen LogP contribution in [-0.2, 0) is 0 Å². The van der Waals surface area contributed by atoms with E-state index < -0.39 is 0 Å². The lowest BCUT2D eigenvalue weighted by atomic mass is 9.96. The number of aromatic nitrogens is 12. The second-order valence-electron chi connectivity index (χ2n) is 33.1. The number of nitrogens with zero attached hydrogens (tertiary/aromatic N) is 12. The van der Waals surface area contributed by atoms with Gasteiger partial charge in [-0.2, -0.15) is 9.97 Å². The van der Waals surface area contributed by atoms with Crippen LogP contribution < -0.4 is 0 Å². The van der Waals surface area contributed by atoms with Crippen LogP contribution in [0, 0.1) is 0 Å². The van der Waals surface area contributed by atoms with Crippen LogP contribution in [0.1, 0.15) is 0 Å². The SMILES string of the molecule is c1ccc(-c2ccc(-n3c4ccccc4c4c(-c5cccc6c5c5ncccc5n6-c5ccccc5)cccc43)cc2)cc1.c1ccc(-c2nc(-c3ccccc3)nc(-n3c4ccccc4c4c(-c5cccc6c5c5ncccc5n6-c5ccccc5)cccc43)n2)cc1.c1ccc(-n2c3ccccc3c3c(-c4ccnc5c4c4ccccc4n5-c4ccccc4)cccc32)cc1. The quantitative estimate of drug-likeness (QED) is 0.121. The van der Waals surface area contributed by atoms with Crippen molar-refractivity contribution in [3.05, 3.63) is 474 Å². The number of rotatable bonds is 12. The van der Waals surface area contributed by atoms with Crippen molar-refractivity contribution in [1.29, 1.82) is 0 Å². The van der Waals surface area contributed by atoms with Crippen LogP contribution in [0.5, 0.6) is 0 Å². The molecule has 27 aromatic rings. The van der Waals surface area contributed by atoms with Crippen LogP contribution in [-0.4, -0.2) is 57.3 Å². The van der Waals surface area contributed by atoms with Crippen LogP contribution in [0.15, 0.2) is 474 Å². The zero-order valence-electron chi connectivity index (χ0n) is 71.4. The molecule has 132 heavy (non-hydrogen) atoms. The van der Waals surface area contributed by atoms with Gasteiger partial charge in [0.2, 0.25) is 5.95 Å². The number of fused-ring (bicyclic) bond motifs is 18. The van der Waals surface area contributed by atoms with Gasteiger partial charge in [-0.15, -0.1) is 0 Å². The summed E-state index contributed by atoms with van der Waals surface area (Å²) in [6, 6.07) is 160. The smallest absolute Gasteiger partial charge is 0.238 e. The lowest BCUT2D eigenvalue weighted by molar-refractivity contribution is 0.953. The van der Waals surface area contributed by atoms with Gasteiger partial charge in [-0.3, -0.25) is 19.1 Å². The largest absolute Gasteiger partial charge is 0.309 e. The Morgan fingerprint density at radius 2 is 0.424 bits per heavy atom. The van der Waals surface area contributed by atoms with Crippen molar-refractivity contribution in [2.75, 3.05) is 0 Å². The molecule has 10 aromatic heterocycles. The fourth-order valence-electron chi connectivity index (χ4n) is 20.3. The van der Waals surface area contributed by atoms with Crippen molar-refractivity contribution in [3.63, 3.8) is 0 Å². The third-order valence-electron chi connectivity index (χ3n) is 25.8. The first kappa shape index (κ1) is 76.4. The van der Waals surface area contributed by atoms with Crippen LogP contribution in [0.4, 0.5) is 0 Å². The highest BCUT2D eigenvalue weighted by Gasteiger charge is 2.28. The van der Waals surface area contributed by atoms with E-state index in [1.165, 1.54) is 93.2 Å². The lowest BCUT2D eigenvalue weighted by Crippen LogP contribution is -2.06. The van der Waals surface area contributed by atoms with Crippen molar-refractivity contribution in [2.45, 2.75) is 0 Å². The Morgan fingerprint density at radius 1 is 0.152 bits per heavy atom. The van der Waals surface area contributed by atoms with Gasteiger partial charge < -0.3 is 18.3 Å². The standard InChI is InChI=1S/C44H28N6.C41H27N3.C35H23N3/c1-4-15-29(16-5-1)42-46-43(30-17-6-2-7-18-30)48-44(47-42)50-35-24-11-10-21-34(35)39-32(22-12-25-36(39)50)33-23-13-26-37-40(33)41-38(27-14-28-45-41)49(37)31-19-8-3-9-20-31;1-3-12-28(13-4-1)29-23-25-31(26-24-29)43-35-19-8-7-16-34(35)39-32(17-9-20-36(39)43)33-18-10-21-37-40(33)41-38(22-11-27-42-41)44(37)30-14-5-2-6-15-30;1-3-12-24(13-4-1)37-30-19-9-7-16-28(30)33-26(18-11-21-32(33)37)27-22-23-36-35-34(27)29-17-8-10-20-31(29)38(35)25-14-5-2-6-15-25/h1-28H;1-27H;1-23H. The summed E-state index contributed by atoms with van der Waals surface area (Å²) in [4.78, 5) is 30.1. The molecule has 0 fully saturated rings. The van der Waals surface area contributed by atoms with Crippen LogP contribution in [0.2, 0.25) is 0 Å². The molecule has 0 radical (unpaired) electrons. The maximum atomic E-state index is 5.13. The second-order valence-corrected chi connectivity index (χ2v) is 33.1. The normalized spacial score (nSPS) is 11.6. The molecule has 0 amide bonds. The second kappa shape index (κ2) is 32.1. The summed E-state index contributed by atoms with van der Waals surface area (Å²) in [5.41, 5.74) is 32.4. The average Bonchev–Trinajstić information content (AvgIpc) is 1.57. The fourth-order valence-corrected chi connectivity index (χ4v) is 20.3. The molecule has 0 aliphatic rings. The van der Waals surface area contributed by atoms with Crippen LogP contribution in [0.3, 0.4) is 0 Å². The van der Waals surface area contributed by atoms with Gasteiger partial charge in [0.15, 0.2) is 11.6 Å². The molecular formula is C120H78N12. The molecule has 0 atom stereocenters. The predicted molar refractivity (Wildman–Crippen MR) is 545 cm³/mol. The monoisotopic (exact) mass is 1690 g/mol. The Bertz CT molecular complexity index is 8900. The number of hydrogen-bond donors (Lipinski definition) is 0. The van der Waals surface area contributed by atoms with Gasteiger partial charge in [0, 0.05) is 112 Å². The van der Waals surface area contributed by atoms with Crippen molar-refractivity contribution in [2.24, 2.45) is 0 Å². The lowest BCUT2D eigenvalue weighted by Gasteiger charge is -2.11. The fraction of sp³-hybridized carbons (Fsp3) is 0. The summed E-state index contributed by atoms with van der Waals surface area (Å²) >= 11 is 0. The topological polar surface area (TPSA) is 107 Å². The summed E-state index contributed by atoms with van der Waals surface area (Å²) in [6.07, 6.45) is 5.74. The molecule has 0 N–H and O–H groups in total. The number of pyridine rings is 3. The Kier molecular flexibility index (Phi) is 18.6. The zero-order chi connectivity index (χ0) is 87.1. The van der Waals surface area contributed by atoms with E-state index in [-0.39, 0.29) is 0 Å². The third kappa shape index (κ3) is 12.7. The van der Waals surface area contributed by atoms with Crippen molar-refractivity contribution >= 4 is 131 Å². The van der Waals surface area contributed by atoms with E-state index in [9.17, 15) is 0 Å². The van der Waals surface area contributed by atoms with Crippen LogP contribution >= 0.6 is 0 Å². The molecule has 618 valence electrons. The molecule has 17 aromatic carbocycles. The highest BCUT2D eigenvalue weighted by molar-refractivity contribution is 6.25. The molecular weight excluding hydrogens is 1610 g/mol. The first-order valence-corrected chi connectivity index (χ1v) is 44.6. The third-order valence-corrected chi connectivity index (χ3v) is 25.8. The van der Waals surface area contributed by atoms with E-state index in [0.717, 1.165) is 122 Å². The Hall–Kier alpha value is -18.0. The van der Waals surface area contributed by atoms with E-state index in [0.29, 0.717) is 17.6 Å². The van der Waals surface area contributed by atoms with Gasteiger partial charge in [0.05, 0.1) is 71.7 Å². The summed E-state index contributed by atoms with van der Waals surface area (Å²) < 4.78 is 13.9. The van der Waals surface area contributed by atoms with Gasteiger partial charge >= 0.3 is 0 Å². The molecule has 0 bridgehead atoms. The van der Waals surface area contributed by atoms with Crippen molar-refractivity contribution in [1.82, 2.24) is 57.3 Å². The minimum Gasteiger partial charge on any atom is -0.309 e. The first-order valence-electron chi connectivity index (χ1n) is 44.6. The molecule has 0 spiro atoms. The minimum atomic E-state index is 0.571. The van der Waals surface area contributed by atoms with Gasteiger partial charge in [-0.05, 0) is 190 Å². The van der Waals surface area contributed by atoms with Crippen molar-refractivity contribution < 1.29 is 0 Å². The molecule has 0 saturated carbocycles. The number of hydrogen-bond acceptors (Lipinski definition) is 6. The molecule has 0 saturated heterocycles. The number of para-hydroxylation sites is 8. The van der Waals surface area contributed by atoms with E-state index in [2.05, 4.69) is 410 Å². The molecule has 27 rings (SSSR count). The number of benzene rings is 17. The first-order chi connectivity index (χ1) is 65.6. The van der Waals surface area contributed by atoms with Gasteiger partial charge in [0.1, 0.15) is 5.65 Å². The summed E-state index contributed by atoms with van der Waals surface area (Å²) in [6.45, 7) is 0. The molecule has 12 nitrogen and oxygen atoms in total. The Balaban J connectivity index is 0.000000107. The van der Waals surface area contributed by atoms with Gasteiger partial charge in [0.25, 0.3) is 0 Å². The maximum absolute atomic E-state index is 5.13.